The third-order valence-electron chi connectivity index (χ3n) is 4.92. The molecule has 0 aromatic carbocycles. The molecular weight excluding hydrogens is 376 g/mol. The molecule has 0 atom stereocenters. The van der Waals surface area contributed by atoms with Gasteiger partial charge in [-0.05, 0) is 32.4 Å². The van der Waals surface area contributed by atoms with Crippen LogP contribution in [-0.2, 0) is 4.74 Å². The number of rotatable bonds is 3. The first-order valence-corrected chi connectivity index (χ1v) is 9.95. The van der Waals surface area contributed by atoms with Gasteiger partial charge in [0.05, 0.1) is 12.5 Å². The van der Waals surface area contributed by atoms with Crippen molar-refractivity contribution in [2.75, 3.05) is 43.1 Å². The average molecular weight is 398 g/mol. The van der Waals surface area contributed by atoms with Crippen LogP contribution in [0, 0.1) is 20.8 Å². The summed E-state index contributed by atoms with van der Waals surface area (Å²) in [6.07, 6.45) is 1.80. The molecule has 0 aliphatic carbocycles. The second kappa shape index (κ2) is 7.31. The molecule has 0 radical (unpaired) electrons. The van der Waals surface area contributed by atoms with Crippen LogP contribution in [0.25, 0.3) is 10.2 Å². The number of hydrogen-bond acceptors (Lipinski definition) is 9. The van der Waals surface area contributed by atoms with Gasteiger partial charge in [-0.2, -0.15) is 0 Å². The summed E-state index contributed by atoms with van der Waals surface area (Å²) >= 11 is 1.37. The van der Waals surface area contributed by atoms with E-state index in [0.29, 0.717) is 10.7 Å². The molecule has 1 fully saturated rings. The molecule has 9 heteroatoms. The van der Waals surface area contributed by atoms with Gasteiger partial charge in [-0.3, -0.25) is 0 Å². The average Bonchev–Trinajstić information content (AvgIpc) is 3.03. The maximum atomic E-state index is 12.1. The van der Waals surface area contributed by atoms with Gasteiger partial charge in [-0.15, -0.1) is 11.3 Å². The Bertz CT molecular complexity index is 1040. The largest absolute Gasteiger partial charge is 0.465 e. The third kappa shape index (κ3) is 3.26. The van der Waals surface area contributed by atoms with Crippen molar-refractivity contribution in [3.63, 3.8) is 0 Å². The minimum absolute atomic E-state index is 0.326. The van der Waals surface area contributed by atoms with Gasteiger partial charge in [-0.25, -0.2) is 24.7 Å². The van der Waals surface area contributed by atoms with E-state index in [-0.39, 0.29) is 5.97 Å². The third-order valence-corrected chi connectivity index (χ3v) is 6.08. The number of nitrogens with zero attached hydrogens (tertiary/aromatic N) is 6. The molecule has 1 aliphatic rings. The molecule has 0 spiro atoms. The molecule has 0 unspecified atom stereocenters. The predicted molar refractivity (Wildman–Crippen MR) is 109 cm³/mol. The zero-order valence-corrected chi connectivity index (χ0v) is 17.2. The number of esters is 1. The van der Waals surface area contributed by atoms with Gasteiger partial charge in [0, 0.05) is 32.4 Å². The smallest absolute Gasteiger partial charge is 0.348 e. The van der Waals surface area contributed by atoms with Crippen LogP contribution in [-0.4, -0.2) is 59.2 Å². The molecule has 0 N–H and O–H groups in total. The molecule has 3 aromatic rings. The Hall–Kier alpha value is -2.81. The number of thiophene rings is 1. The number of piperazine rings is 1. The van der Waals surface area contributed by atoms with Gasteiger partial charge in [-0.1, -0.05) is 0 Å². The lowest BCUT2D eigenvalue weighted by Crippen LogP contribution is -2.47. The topological polar surface area (TPSA) is 84.3 Å². The summed E-state index contributed by atoms with van der Waals surface area (Å²) in [5, 5.41) is 0.947. The molecular formula is C19H22N6O2S. The van der Waals surface area contributed by atoms with Gasteiger partial charge in [0.15, 0.2) is 0 Å². The van der Waals surface area contributed by atoms with Crippen LogP contribution < -0.4 is 9.80 Å². The van der Waals surface area contributed by atoms with Crippen molar-refractivity contribution >= 4 is 39.2 Å². The van der Waals surface area contributed by atoms with Gasteiger partial charge < -0.3 is 14.5 Å². The summed E-state index contributed by atoms with van der Waals surface area (Å²) in [5.41, 5.74) is 0.885. The fourth-order valence-corrected chi connectivity index (χ4v) is 4.64. The van der Waals surface area contributed by atoms with E-state index in [4.69, 9.17) is 9.72 Å². The summed E-state index contributed by atoms with van der Waals surface area (Å²) in [5.74, 6) is 3.00. The lowest BCUT2D eigenvalue weighted by Gasteiger charge is -2.36. The van der Waals surface area contributed by atoms with Crippen molar-refractivity contribution in [3.8, 4) is 0 Å². The van der Waals surface area contributed by atoms with Crippen LogP contribution in [0.1, 0.15) is 26.9 Å². The van der Waals surface area contributed by atoms with Crippen LogP contribution in [0.3, 0.4) is 0 Å². The van der Waals surface area contributed by atoms with Crippen molar-refractivity contribution in [2.45, 2.75) is 20.8 Å². The maximum Gasteiger partial charge on any atom is 0.348 e. The van der Waals surface area contributed by atoms with Gasteiger partial charge >= 0.3 is 5.97 Å². The summed E-state index contributed by atoms with van der Waals surface area (Å²) < 4.78 is 4.93. The normalized spacial score (nSPS) is 14.6. The quantitative estimate of drug-likeness (QED) is 0.622. The molecule has 0 saturated carbocycles. The molecule has 3 aromatic heterocycles. The van der Waals surface area contributed by atoms with E-state index in [0.717, 1.165) is 59.4 Å². The molecule has 4 rings (SSSR count). The number of anilines is 2. The van der Waals surface area contributed by atoms with Crippen LogP contribution in [0.15, 0.2) is 12.3 Å². The van der Waals surface area contributed by atoms with E-state index >= 15 is 0 Å². The number of ether oxygens (including phenoxy) is 1. The summed E-state index contributed by atoms with van der Waals surface area (Å²) in [4.78, 5) is 36.0. The zero-order valence-electron chi connectivity index (χ0n) is 16.4. The lowest BCUT2D eigenvalue weighted by molar-refractivity contribution is 0.0605. The molecule has 0 amide bonds. The standard InChI is InChI=1S/C19H22N6O2S/c1-11-15-17(22-13(3)23-18(15)28-16(11)19(26)27-4)25-9-7-24(8-10-25)14-5-6-20-12(2)21-14/h5-6H,7-10H2,1-4H3. The molecule has 8 nitrogen and oxygen atoms in total. The Morgan fingerprint density at radius 3 is 2.43 bits per heavy atom. The van der Waals surface area contributed by atoms with Crippen LogP contribution in [0.5, 0.6) is 0 Å². The number of fused-ring (bicyclic) bond motifs is 1. The van der Waals surface area contributed by atoms with Crippen LogP contribution in [0.4, 0.5) is 11.6 Å². The summed E-state index contributed by atoms with van der Waals surface area (Å²) in [6, 6.07) is 1.95. The Labute approximate surface area is 167 Å². The van der Waals surface area contributed by atoms with Gasteiger partial charge in [0.25, 0.3) is 0 Å². The SMILES string of the molecule is COC(=O)c1sc2nc(C)nc(N3CCN(c4ccnc(C)n4)CC3)c2c1C. The van der Waals surface area contributed by atoms with E-state index in [9.17, 15) is 4.79 Å². The first kappa shape index (κ1) is 18.5. The van der Waals surface area contributed by atoms with Crippen molar-refractivity contribution in [1.29, 1.82) is 0 Å². The molecule has 1 saturated heterocycles. The molecule has 0 bridgehead atoms. The molecule has 4 heterocycles. The number of aryl methyl sites for hydroxylation is 3. The molecule has 146 valence electrons. The Morgan fingerprint density at radius 2 is 1.75 bits per heavy atom. The minimum atomic E-state index is -0.326. The number of hydrogen-bond donors (Lipinski definition) is 0. The number of aromatic nitrogens is 4. The Balaban J connectivity index is 1.65. The fourth-order valence-electron chi connectivity index (χ4n) is 3.50. The van der Waals surface area contributed by atoms with Crippen LogP contribution in [0.2, 0.25) is 0 Å². The molecule has 28 heavy (non-hydrogen) atoms. The highest BCUT2D eigenvalue weighted by Crippen LogP contribution is 2.36. The van der Waals surface area contributed by atoms with Gasteiger partial charge in [0.1, 0.15) is 33.0 Å². The van der Waals surface area contributed by atoms with Crippen molar-refractivity contribution in [3.05, 3.63) is 34.4 Å². The van der Waals surface area contributed by atoms with Crippen molar-refractivity contribution < 1.29 is 9.53 Å². The highest BCUT2D eigenvalue weighted by molar-refractivity contribution is 7.20. The Morgan fingerprint density at radius 1 is 1.04 bits per heavy atom. The van der Waals surface area contributed by atoms with E-state index in [1.807, 2.05) is 26.8 Å². The Kier molecular flexibility index (Phi) is 4.84. The first-order chi connectivity index (χ1) is 13.5. The second-order valence-electron chi connectivity index (χ2n) is 6.76. The van der Waals surface area contributed by atoms with Crippen molar-refractivity contribution in [1.82, 2.24) is 19.9 Å². The van der Waals surface area contributed by atoms with Gasteiger partial charge in [0.2, 0.25) is 0 Å². The fraction of sp³-hybridized carbons (Fsp3) is 0.421. The first-order valence-electron chi connectivity index (χ1n) is 9.13. The number of carbonyl (C=O) groups is 1. The highest BCUT2D eigenvalue weighted by Gasteiger charge is 2.25. The number of carbonyl (C=O) groups excluding carboxylic acids is 1. The van der Waals surface area contributed by atoms with E-state index < -0.39 is 0 Å². The monoisotopic (exact) mass is 398 g/mol. The van der Waals surface area contributed by atoms with Crippen molar-refractivity contribution in [2.24, 2.45) is 0 Å². The second-order valence-corrected chi connectivity index (χ2v) is 7.76. The predicted octanol–water partition coefficient (Wildman–Crippen LogP) is 2.52. The van der Waals surface area contributed by atoms with E-state index in [1.54, 1.807) is 6.20 Å². The van der Waals surface area contributed by atoms with Crippen LogP contribution >= 0.6 is 11.3 Å². The highest BCUT2D eigenvalue weighted by atomic mass is 32.1. The minimum Gasteiger partial charge on any atom is -0.465 e. The summed E-state index contributed by atoms with van der Waals surface area (Å²) in [7, 11) is 1.40. The lowest BCUT2D eigenvalue weighted by atomic mass is 10.2. The summed E-state index contributed by atoms with van der Waals surface area (Å²) in [6.45, 7) is 9.04. The van der Waals surface area contributed by atoms with E-state index in [2.05, 4.69) is 24.8 Å². The maximum absolute atomic E-state index is 12.1. The zero-order chi connectivity index (χ0) is 19.8. The van der Waals surface area contributed by atoms with E-state index in [1.165, 1.54) is 18.4 Å². The number of methoxy groups -OCH3 is 1. The molecule has 1 aliphatic heterocycles.